The lowest BCUT2D eigenvalue weighted by Crippen LogP contribution is -2.48. The Morgan fingerprint density at radius 2 is 1.93 bits per heavy atom. The lowest BCUT2D eigenvalue weighted by atomic mass is 9.70. The Morgan fingerprint density at radius 1 is 1.22 bits per heavy atom. The van der Waals surface area contributed by atoms with Gasteiger partial charge in [-0.05, 0) is 61.6 Å². The number of carbonyl (C=O) groups is 2. The molecule has 0 aromatic heterocycles. The van der Waals surface area contributed by atoms with Crippen LogP contribution in [0.4, 0.5) is 4.39 Å². The van der Waals surface area contributed by atoms with Gasteiger partial charge >= 0.3 is 5.97 Å². The Bertz CT molecular complexity index is 836. The van der Waals surface area contributed by atoms with Crippen LogP contribution >= 0.6 is 0 Å². The summed E-state index contributed by atoms with van der Waals surface area (Å²) in [5.41, 5.74) is 1.44. The number of carboxylic acids is 1. The molecule has 2 aromatic carbocycles. The minimum absolute atomic E-state index is 0.177. The van der Waals surface area contributed by atoms with Crippen molar-refractivity contribution in [2.45, 2.75) is 37.7 Å². The van der Waals surface area contributed by atoms with Gasteiger partial charge in [0.05, 0.1) is 12.0 Å². The van der Waals surface area contributed by atoms with E-state index in [1.165, 1.54) is 24.3 Å². The van der Waals surface area contributed by atoms with Crippen LogP contribution in [-0.4, -0.2) is 29.6 Å². The maximum atomic E-state index is 13.0. The fourth-order valence-electron chi connectivity index (χ4n) is 3.52. The Balaban J connectivity index is 1.69. The van der Waals surface area contributed by atoms with Gasteiger partial charge in [-0.2, -0.15) is 0 Å². The molecule has 6 heteroatoms. The number of nitrogens with one attached hydrogen (secondary N) is 1. The Labute approximate surface area is 157 Å². The van der Waals surface area contributed by atoms with Gasteiger partial charge in [-0.3, -0.25) is 4.79 Å². The summed E-state index contributed by atoms with van der Waals surface area (Å²) in [7, 11) is 0. The number of halogens is 1. The predicted octanol–water partition coefficient (Wildman–Crippen LogP) is 3.07. The molecule has 142 valence electrons. The predicted molar refractivity (Wildman–Crippen MR) is 98.2 cm³/mol. The molecule has 1 aliphatic rings. The molecule has 0 heterocycles. The summed E-state index contributed by atoms with van der Waals surface area (Å²) in [6, 6.07) is 12.9. The van der Waals surface area contributed by atoms with E-state index in [0.29, 0.717) is 6.42 Å². The fourth-order valence-corrected chi connectivity index (χ4v) is 3.52. The highest BCUT2D eigenvalue weighted by atomic mass is 19.1. The zero-order chi connectivity index (χ0) is 19.4. The van der Waals surface area contributed by atoms with Crippen LogP contribution in [0.2, 0.25) is 0 Å². The van der Waals surface area contributed by atoms with Crippen molar-refractivity contribution in [3.63, 3.8) is 0 Å². The van der Waals surface area contributed by atoms with E-state index in [2.05, 4.69) is 5.32 Å². The molecule has 2 unspecified atom stereocenters. The lowest BCUT2D eigenvalue weighted by Gasteiger charge is -2.35. The number of aliphatic carboxylic acids is 1. The molecule has 2 N–H and O–H groups in total. The summed E-state index contributed by atoms with van der Waals surface area (Å²) >= 11 is 0. The number of amides is 1. The third-order valence-electron chi connectivity index (χ3n) is 5.05. The van der Waals surface area contributed by atoms with Crippen LogP contribution in [0.5, 0.6) is 5.75 Å². The minimum Gasteiger partial charge on any atom is -0.478 e. The summed E-state index contributed by atoms with van der Waals surface area (Å²) < 4.78 is 18.4. The normalized spacial score (nSPS) is 19.6. The second kappa shape index (κ2) is 7.78. The second-order valence-electron chi connectivity index (χ2n) is 6.95. The third-order valence-corrected chi connectivity index (χ3v) is 5.05. The van der Waals surface area contributed by atoms with Gasteiger partial charge in [-0.15, -0.1) is 0 Å². The standard InChI is InChI=1S/C21H22FNO4/c1-21(12-4-6-14-5-2-3-7-17(14)21)20(26)23-13-18(19(24)25)27-16-10-8-15(22)9-11-16/h2-3,5,7-11,18H,4,6,12-13H2,1H3,(H,23,26)(H,24,25). The number of carbonyl (C=O) groups excluding carboxylic acids is 1. The molecule has 0 aliphatic heterocycles. The van der Waals surface area contributed by atoms with Crippen LogP contribution in [0.1, 0.15) is 30.9 Å². The largest absolute Gasteiger partial charge is 0.478 e. The van der Waals surface area contributed by atoms with Crippen molar-refractivity contribution in [2.75, 3.05) is 6.54 Å². The summed E-state index contributed by atoms with van der Waals surface area (Å²) in [6.07, 6.45) is 1.27. The Kier molecular flexibility index (Phi) is 5.44. The number of aryl methyl sites for hydroxylation is 1. The average Bonchev–Trinajstić information content (AvgIpc) is 2.66. The molecule has 3 rings (SSSR count). The molecule has 1 amide bonds. The molecule has 0 saturated heterocycles. The number of benzene rings is 2. The van der Waals surface area contributed by atoms with E-state index in [4.69, 9.17) is 4.74 Å². The highest BCUT2D eigenvalue weighted by Crippen LogP contribution is 2.37. The van der Waals surface area contributed by atoms with Gasteiger partial charge in [0, 0.05) is 0 Å². The van der Waals surface area contributed by atoms with Crippen molar-refractivity contribution in [3.05, 3.63) is 65.5 Å². The van der Waals surface area contributed by atoms with Crippen LogP contribution in [0.3, 0.4) is 0 Å². The molecule has 27 heavy (non-hydrogen) atoms. The highest BCUT2D eigenvalue weighted by molar-refractivity contribution is 5.89. The van der Waals surface area contributed by atoms with Crippen molar-refractivity contribution < 1.29 is 23.8 Å². The summed E-state index contributed by atoms with van der Waals surface area (Å²) in [6.45, 7) is 1.71. The van der Waals surface area contributed by atoms with Crippen LogP contribution < -0.4 is 10.1 Å². The average molecular weight is 371 g/mol. The minimum atomic E-state index is -1.26. The van der Waals surface area contributed by atoms with Gasteiger partial charge in [0.1, 0.15) is 11.6 Å². The van der Waals surface area contributed by atoms with Gasteiger partial charge in [0.2, 0.25) is 12.0 Å². The monoisotopic (exact) mass is 371 g/mol. The molecule has 0 saturated carbocycles. The van der Waals surface area contributed by atoms with Gasteiger partial charge in [-0.1, -0.05) is 24.3 Å². The van der Waals surface area contributed by atoms with E-state index in [-0.39, 0.29) is 18.2 Å². The van der Waals surface area contributed by atoms with Crippen molar-refractivity contribution >= 4 is 11.9 Å². The van der Waals surface area contributed by atoms with E-state index in [1.54, 1.807) is 0 Å². The van der Waals surface area contributed by atoms with E-state index >= 15 is 0 Å². The molecule has 0 fully saturated rings. The first-order valence-electron chi connectivity index (χ1n) is 8.92. The second-order valence-corrected chi connectivity index (χ2v) is 6.95. The van der Waals surface area contributed by atoms with Gasteiger partial charge < -0.3 is 15.2 Å². The number of fused-ring (bicyclic) bond motifs is 1. The zero-order valence-corrected chi connectivity index (χ0v) is 15.1. The SMILES string of the molecule is CC1(C(=O)NCC(Oc2ccc(F)cc2)C(=O)O)CCCc2ccccc21. The maximum absolute atomic E-state index is 13.0. The molecule has 1 aliphatic carbocycles. The van der Waals surface area contributed by atoms with Gasteiger partial charge in [-0.25, -0.2) is 9.18 Å². The number of hydrogen-bond donors (Lipinski definition) is 2. The first kappa shape index (κ1) is 18.9. The quantitative estimate of drug-likeness (QED) is 0.818. The van der Waals surface area contributed by atoms with Crippen molar-refractivity contribution in [1.82, 2.24) is 5.32 Å². The van der Waals surface area contributed by atoms with E-state index < -0.39 is 23.3 Å². The molecule has 0 bridgehead atoms. The number of rotatable bonds is 6. The van der Waals surface area contributed by atoms with Crippen LogP contribution in [0.25, 0.3) is 0 Å². The van der Waals surface area contributed by atoms with Crippen LogP contribution in [0.15, 0.2) is 48.5 Å². The van der Waals surface area contributed by atoms with E-state index in [0.717, 1.165) is 24.0 Å². The zero-order valence-electron chi connectivity index (χ0n) is 15.1. The van der Waals surface area contributed by atoms with Crippen LogP contribution in [-0.2, 0) is 21.4 Å². The van der Waals surface area contributed by atoms with E-state index in [9.17, 15) is 19.1 Å². The molecular weight excluding hydrogens is 349 g/mol. The van der Waals surface area contributed by atoms with Crippen molar-refractivity contribution in [1.29, 1.82) is 0 Å². The molecular formula is C21H22FNO4. The highest BCUT2D eigenvalue weighted by Gasteiger charge is 2.39. The first-order valence-corrected chi connectivity index (χ1v) is 8.92. The fraction of sp³-hybridized carbons (Fsp3) is 0.333. The molecule has 0 radical (unpaired) electrons. The van der Waals surface area contributed by atoms with Gasteiger partial charge in [0.15, 0.2) is 0 Å². The number of carboxylic acid groups (broad SMARTS) is 1. The summed E-state index contributed by atoms with van der Waals surface area (Å²) in [5.74, 6) is -1.63. The summed E-state index contributed by atoms with van der Waals surface area (Å²) in [4.78, 5) is 24.4. The van der Waals surface area contributed by atoms with Crippen molar-refractivity contribution in [3.8, 4) is 5.75 Å². The van der Waals surface area contributed by atoms with Crippen LogP contribution in [0, 0.1) is 5.82 Å². The Morgan fingerprint density at radius 3 is 2.63 bits per heavy atom. The first-order chi connectivity index (χ1) is 12.9. The molecule has 0 spiro atoms. The third kappa shape index (κ3) is 4.10. The number of hydrogen-bond acceptors (Lipinski definition) is 3. The lowest BCUT2D eigenvalue weighted by molar-refractivity contribution is -0.145. The number of ether oxygens (including phenoxy) is 1. The Hall–Kier alpha value is -2.89. The topological polar surface area (TPSA) is 75.6 Å². The molecule has 2 aromatic rings. The van der Waals surface area contributed by atoms with E-state index in [1.807, 2.05) is 31.2 Å². The maximum Gasteiger partial charge on any atom is 0.346 e. The van der Waals surface area contributed by atoms with Crippen molar-refractivity contribution in [2.24, 2.45) is 0 Å². The molecule has 2 atom stereocenters. The molecule has 5 nitrogen and oxygen atoms in total. The smallest absolute Gasteiger partial charge is 0.346 e. The summed E-state index contributed by atoms with van der Waals surface area (Å²) in [5, 5.41) is 12.1. The van der Waals surface area contributed by atoms with Gasteiger partial charge in [0.25, 0.3) is 0 Å².